The average molecular weight is 304 g/mol. The zero-order valence-corrected chi connectivity index (χ0v) is 11.0. The quantitative estimate of drug-likeness (QED) is 0.883. The monoisotopic (exact) mass is 303 g/mol. The molecule has 0 bridgehead atoms. The lowest BCUT2D eigenvalue weighted by Gasteiger charge is -2.03. The molecule has 0 saturated carbocycles. The highest BCUT2D eigenvalue weighted by Gasteiger charge is 2.10. The SMILES string of the molecule is O=C(O)C(=Cc1cccnc1)c1ccc(Br)cc1. The summed E-state index contributed by atoms with van der Waals surface area (Å²) in [7, 11) is 0. The summed E-state index contributed by atoms with van der Waals surface area (Å²) in [4.78, 5) is 15.2. The van der Waals surface area contributed by atoms with Gasteiger partial charge < -0.3 is 5.11 Å². The molecular weight excluding hydrogens is 294 g/mol. The maximum atomic E-state index is 11.3. The van der Waals surface area contributed by atoms with Crippen LogP contribution in [0.4, 0.5) is 0 Å². The predicted molar refractivity (Wildman–Crippen MR) is 73.9 cm³/mol. The van der Waals surface area contributed by atoms with Gasteiger partial charge in [-0.05, 0) is 35.4 Å². The van der Waals surface area contributed by atoms with Crippen LogP contribution in [0.5, 0.6) is 0 Å². The molecule has 2 aromatic rings. The van der Waals surface area contributed by atoms with Crippen LogP contribution in [-0.4, -0.2) is 16.1 Å². The van der Waals surface area contributed by atoms with Crippen molar-refractivity contribution in [3.63, 3.8) is 0 Å². The van der Waals surface area contributed by atoms with Gasteiger partial charge in [0, 0.05) is 16.9 Å². The van der Waals surface area contributed by atoms with Crippen LogP contribution in [0.25, 0.3) is 11.6 Å². The first kappa shape index (κ1) is 12.5. The fourth-order valence-electron chi connectivity index (χ4n) is 1.53. The van der Waals surface area contributed by atoms with Crippen LogP contribution in [-0.2, 0) is 4.79 Å². The molecule has 0 amide bonds. The smallest absolute Gasteiger partial charge is 0.336 e. The molecule has 0 saturated heterocycles. The predicted octanol–water partition coefficient (Wildman–Crippen LogP) is 3.47. The van der Waals surface area contributed by atoms with Crippen molar-refractivity contribution >= 4 is 33.5 Å². The Morgan fingerprint density at radius 3 is 2.50 bits per heavy atom. The van der Waals surface area contributed by atoms with E-state index in [0.717, 1.165) is 10.0 Å². The number of hydrogen-bond donors (Lipinski definition) is 1. The van der Waals surface area contributed by atoms with Gasteiger partial charge in [-0.15, -0.1) is 0 Å². The summed E-state index contributed by atoms with van der Waals surface area (Å²) >= 11 is 3.32. The van der Waals surface area contributed by atoms with Gasteiger partial charge in [-0.1, -0.05) is 34.1 Å². The van der Waals surface area contributed by atoms with E-state index in [1.807, 2.05) is 18.2 Å². The Morgan fingerprint density at radius 2 is 1.94 bits per heavy atom. The van der Waals surface area contributed by atoms with Gasteiger partial charge in [-0.2, -0.15) is 0 Å². The van der Waals surface area contributed by atoms with E-state index in [4.69, 9.17) is 0 Å². The molecule has 4 heteroatoms. The standard InChI is InChI=1S/C14H10BrNO2/c15-12-5-3-11(4-6-12)13(14(17)18)8-10-2-1-7-16-9-10/h1-9H,(H,17,18). The van der Waals surface area contributed by atoms with Gasteiger partial charge >= 0.3 is 5.97 Å². The van der Waals surface area contributed by atoms with E-state index in [2.05, 4.69) is 20.9 Å². The first-order valence-corrected chi connectivity index (χ1v) is 6.07. The van der Waals surface area contributed by atoms with E-state index in [0.29, 0.717) is 5.56 Å². The second-order valence-corrected chi connectivity index (χ2v) is 4.57. The number of pyridine rings is 1. The maximum absolute atomic E-state index is 11.3. The Balaban J connectivity index is 2.44. The number of benzene rings is 1. The second-order valence-electron chi connectivity index (χ2n) is 3.66. The number of hydrogen-bond acceptors (Lipinski definition) is 2. The van der Waals surface area contributed by atoms with Crippen molar-refractivity contribution in [1.29, 1.82) is 0 Å². The van der Waals surface area contributed by atoms with Crippen LogP contribution in [0, 0.1) is 0 Å². The molecule has 18 heavy (non-hydrogen) atoms. The van der Waals surface area contributed by atoms with Crippen molar-refractivity contribution in [2.75, 3.05) is 0 Å². The van der Waals surface area contributed by atoms with Crippen LogP contribution in [0.2, 0.25) is 0 Å². The summed E-state index contributed by atoms with van der Waals surface area (Å²) in [5, 5.41) is 9.26. The van der Waals surface area contributed by atoms with Crippen molar-refractivity contribution in [3.8, 4) is 0 Å². The zero-order chi connectivity index (χ0) is 13.0. The van der Waals surface area contributed by atoms with Gasteiger partial charge in [0.15, 0.2) is 0 Å². The molecule has 3 nitrogen and oxygen atoms in total. The van der Waals surface area contributed by atoms with Gasteiger partial charge in [0.25, 0.3) is 0 Å². The van der Waals surface area contributed by atoms with Crippen molar-refractivity contribution in [1.82, 2.24) is 4.98 Å². The van der Waals surface area contributed by atoms with Crippen molar-refractivity contribution in [3.05, 3.63) is 64.4 Å². The van der Waals surface area contributed by atoms with E-state index in [-0.39, 0.29) is 5.57 Å². The Bertz CT molecular complexity index is 577. The molecule has 1 N–H and O–H groups in total. The fourth-order valence-corrected chi connectivity index (χ4v) is 1.79. The number of rotatable bonds is 3. The average Bonchev–Trinajstić information content (AvgIpc) is 2.38. The molecular formula is C14H10BrNO2. The first-order valence-electron chi connectivity index (χ1n) is 5.28. The molecule has 0 spiro atoms. The van der Waals surface area contributed by atoms with Gasteiger partial charge in [0.05, 0.1) is 5.57 Å². The minimum Gasteiger partial charge on any atom is -0.478 e. The minimum atomic E-state index is -0.957. The molecule has 0 atom stereocenters. The fraction of sp³-hybridized carbons (Fsp3) is 0. The van der Waals surface area contributed by atoms with E-state index in [9.17, 15) is 9.90 Å². The number of carboxylic acid groups (broad SMARTS) is 1. The Labute approximate surface area is 113 Å². The van der Waals surface area contributed by atoms with Crippen LogP contribution >= 0.6 is 15.9 Å². The minimum absolute atomic E-state index is 0.246. The topological polar surface area (TPSA) is 50.2 Å². The third kappa shape index (κ3) is 3.05. The van der Waals surface area contributed by atoms with E-state index in [1.165, 1.54) is 0 Å². The Morgan fingerprint density at radius 1 is 1.22 bits per heavy atom. The van der Waals surface area contributed by atoms with Crippen LogP contribution in [0.1, 0.15) is 11.1 Å². The van der Waals surface area contributed by atoms with Gasteiger partial charge in [0.1, 0.15) is 0 Å². The van der Waals surface area contributed by atoms with E-state index < -0.39 is 5.97 Å². The number of carboxylic acids is 1. The molecule has 1 aromatic heterocycles. The van der Waals surface area contributed by atoms with Crippen molar-refractivity contribution in [2.45, 2.75) is 0 Å². The van der Waals surface area contributed by atoms with Crippen LogP contribution in [0.3, 0.4) is 0 Å². The Kier molecular flexibility index (Phi) is 3.89. The van der Waals surface area contributed by atoms with Crippen molar-refractivity contribution in [2.24, 2.45) is 0 Å². The third-order valence-corrected chi connectivity index (χ3v) is 2.91. The number of halogens is 1. The molecule has 0 aliphatic heterocycles. The highest BCUT2D eigenvalue weighted by Crippen LogP contribution is 2.20. The van der Waals surface area contributed by atoms with Gasteiger partial charge in [-0.3, -0.25) is 4.98 Å². The second kappa shape index (κ2) is 5.60. The van der Waals surface area contributed by atoms with Crippen LogP contribution in [0.15, 0.2) is 53.3 Å². The molecule has 0 aliphatic carbocycles. The van der Waals surface area contributed by atoms with E-state index >= 15 is 0 Å². The lowest BCUT2D eigenvalue weighted by molar-refractivity contribution is -0.130. The summed E-state index contributed by atoms with van der Waals surface area (Å²) in [5.74, 6) is -0.957. The summed E-state index contributed by atoms with van der Waals surface area (Å²) in [6.07, 6.45) is 4.89. The largest absolute Gasteiger partial charge is 0.478 e. The Hall–Kier alpha value is -1.94. The van der Waals surface area contributed by atoms with E-state index in [1.54, 1.807) is 36.7 Å². The number of carbonyl (C=O) groups is 1. The molecule has 90 valence electrons. The first-order chi connectivity index (χ1) is 8.66. The number of nitrogens with zero attached hydrogens (tertiary/aromatic N) is 1. The third-order valence-electron chi connectivity index (χ3n) is 2.38. The van der Waals surface area contributed by atoms with Gasteiger partial charge in [0.2, 0.25) is 0 Å². The van der Waals surface area contributed by atoms with Gasteiger partial charge in [-0.25, -0.2) is 4.79 Å². The zero-order valence-electron chi connectivity index (χ0n) is 9.38. The summed E-state index contributed by atoms with van der Waals surface area (Å²) in [6.45, 7) is 0. The highest BCUT2D eigenvalue weighted by molar-refractivity contribution is 9.10. The number of aliphatic carboxylic acids is 1. The maximum Gasteiger partial charge on any atom is 0.336 e. The highest BCUT2D eigenvalue weighted by atomic mass is 79.9. The van der Waals surface area contributed by atoms with Crippen LogP contribution < -0.4 is 0 Å². The molecule has 0 aliphatic rings. The molecule has 1 heterocycles. The summed E-state index contributed by atoms with van der Waals surface area (Å²) in [5.41, 5.74) is 1.67. The molecule has 1 aromatic carbocycles. The molecule has 0 radical (unpaired) electrons. The summed E-state index contributed by atoms with van der Waals surface area (Å²) < 4.78 is 0.914. The molecule has 2 rings (SSSR count). The lowest BCUT2D eigenvalue weighted by Crippen LogP contribution is -1.99. The normalized spacial score (nSPS) is 11.3. The summed E-state index contributed by atoms with van der Waals surface area (Å²) in [6, 6.07) is 10.7. The number of aromatic nitrogens is 1. The van der Waals surface area contributed by atoms with Crippen molar-refractivity contribution < 1.29 is 9.90 Å². The molecule has 0 fully saturated rings. The lowest BCUT2D eigenvalue weighted by atomic mass is 10.0. The molecule has 0 unspecified atom stereocenters.